The van der Waals surface area contributed by atoms with E-state index in [0.29, 0.717) is 11.3 Å². The SMILES string of the molecule is CNC(=O)c1cc(C)ccc1NC(=O)C1CCNCC1.Cl. The van der Waals surface area contributed by atoms with Gasteiger partial charge in [-0.25, -0.2) is 0 Å². The number of hydrogen-bond donors (Lipinski definition) is 3. The number of hydrogen-bond acceptors (Lipinski definition) is 3. The first-order valence-corrected chi connectivity index (χ1v) is 6.96. The lowest BCUT2D eigenvalue weighted by Crippen LogP contribution is -2.35. The fourth-order valence-electron chi connectivity index (χ4n) is 2.41. The number of carbonyl (C=O) groups is 2. The second kappa shape index (κ2) is 8.00. The molecule has 1 aliphatic rings. The smallest absolute Gasteiger partial charge is 0.253 e. The molecule has 2 amide bonds. The molecule has 0 atom stereocenters. The Kier molecular flexibility index (Phi) is 6.65. The van der Waals surface area contributed by atoms with Crippen LogP contribution < -0.4 is 16.0 Å². The lowest BCUT2D eigenvalue weighted by molar-refractivity contribution is -0.120. The third kappa shape index (κ3) is 4.44. The van der Waals surface area contributed by atoms with E-state index in [2.05, 4.69) is 16.0 Å². The van der Waals surface area contributed by atoms with Crippen molar-refractivity contribution >= 4 is 29.9 Å². The molecule has 0 bridgehead atoms. The van der Waals surface area contributed by atoms with Gasteiger partial charge < -0.3 is 16.0 Å². The number of rotatable bonds is 3. The van der Waals surface area contributed by atoms with Crippen molar-refractivity contribution < 1.29 is 9.59 Å². The zero-order valence-electron chi connectivity index (χ0n) is 12.4. The molecule has 3 N–H and O–H groups in total. The second-order valence-corrected chi connectivity index (χ2v) is 5.14. The number of halogens is 1. The standard InChI is InChI=1S/C15H21N3O2.ClH/c1-10-3-4-13(12(9-10)15(20)16-2)18-14(19)11-5-7-17-8-6-11;/h3-4,9,11,17H,5-8H2,1-2H3,(H,16,20)(H,18,19);1H. The van der Waals surface area contributed by atoms with Gasteiger partial charge in [-0.05, 0) is 45.0 Å². The lowest BCUT2D eigenvalue weighted by atomic mass is 9.97. The molecule has 1 heterocycles. The van der Waals surface area contributed by atoms with E-state index in [1.807, 2.05) is 13.0 Å². The van der Waals surface area contributed by atoms with Gasteiger partial charge >= 0.3 is 0 Å². The number of amides is 2. The molecular formula is C15H22ClN3O2. The number of benzene rings is 1. The third-order valence-electron chi connectivity index (χ3n) is 3.61. The van der Waals surface area contributed by atoms with Crippen molar-refractivity contribution in [1.29, 1.82) is 0 Å². The Morgan fingerprint density at radius 3 is 2.52 bits per heavy atom. The lowest BCUT2D eigenvalue weighted by Gasteiger charge is -2.22. The molecule has 21 heavy (non-hydrogen) atoms. The summed E-state index contributed by atoms with van der Waals surface area (Å²) < 4.78 is 0. The van der Waals surface area contributed by atoms with Crippen molar-refractivity contribution in [3.63, 3.8) is 0 Å². The summed E-state index contributed by atoms with van der Waals surface area (Å²) in [5.41, 5.74) is 2.08. The van der Waals surface area contributed by atoms with Crippen molar-refractivity contribution in [2.75, 3.05) is 25.5 Å². The molecule has 5 nitrogen and oxygen atoms in total. The zero-order valence-corrected chi connectivity index (χ0v) is 13.2. The quantitative estimate of drug-likeness (QED) is 0.796. The largest absolute Gasteiger partial charge is 0.355 e. The first kappa shape index (κ1) is 17.5. The fourth-order valence-corrected chi connectivity index (χ4v) is 2.41. The Morgan fingerprint density at radius 1 is 1.24 bits per heavy atom. The van der Waals surface area contributed by atoms with E-state index in [1.54, 1.807) is 19.2 Å². The molecule has 2 rings (SSSR count). The molecule has 1 fully saturated rings. The molecule has 1 saturated heterocycles. The zero-order chi connectivity index (χ0) is 14.5. The Labute approximate surface area is 131 Å². The van der Waals surface area contributed by atoms with Gasteiger partial charge in [0.2, 0.25) is 5.91 Å². The normalized spacial score (nSPS) is 15.0. The summed E-state index contributed by atoms with van der Waals surface area (Å²) in [5.74, 6) is -0.162. The van der Waals surface area contributed by atoms with Gasteiger partial charge in [-0.15, -0.1) is 12.4 Å². The van der Waals surface area contributed by atoms with Crippen LogP contribution in [0.1, 0.15) is 28.8 Å². The highest BCUT2D eigenvalue weighted by atomic mass is 35.5. The maximum Gasteiger partial charge on any atom is 0.253 e. The highest BCUT2D eigenvalue weighted by Gasteiger charge is 2.22. The molecule has 0 aromatic heterocycles. The molecule has 6 heteroatoms. The molecule has 1 aliphatic heterocycles. The Hall–Kier alpha value is -1.59. The van der Waals surface area contributed by atoms with Crippen molar-refractivity contribution in [2.24, 2.45) is 5.92 Å². The van der Waals surface area contributed by atoms with Crippen LogP contribution >= 0.6 is 12.4 Å². The van der Waals surface area contributed by atoms with Crippen LogP contribution in [-0.2, 0) is 4.79 Å². The molecule has 0 aliphatic carbocycles. The fraction of sp³-hybridized carbons (Fsp3) is 0.467. The Balaban J connectivity index is 0.00000220. The van der Waals surface area contributed by atoms with Crippen LogP contribution in [0.25, 0.3) is 0 Å². The molecule has 1 aromatic rings. The van der Waals surface area contributed by atoms with Crippen molar-refractivity contribution in [2.45, 2.75) is 19.8 Å². The van der Waals surface area contributed by atoms with Crippen LogP contribution in [0.4, 0.5) is 5.69 Å². The molecule has 0 radical (unpaired) electrons. The number of piperidine rings is 1. The van der Waals surface area contributed by atoms with Gasteiger partial charge in [0.25, 0.3) is 5.91 Å². The van der Waals surface area contributed by atoms with E-state index < -0.39 is 0 Å². The van der Waals surface area contributed by atoms with Crippen LogP contribution in [-0.4, -0.2) is 32.0 Å². The van der Waals surface area contributed by atoms with Gasteiger partial charge in [-0.2, -0.15) is 0 Å². The summed E-state index contributed by atoms with van der Waals surface area (Å²) in [6.45, 7) is 3.66. The van der Waals surface area contributed by atoms with Crippen LogP contribution in [0.5, 0.6) is 0 Å². The van der Waals surface area contributed by atoms with Gasteiger partial charge in [0.15, 0.2) is 0 Å². The number of aryl methyl sites for hydroxylation is 1. The minimum absolute atomic E-state index is 0. The van der Waals surface area contributed by atoms with Crippen LogP contribution in [0.15, 0.2) is 18.2 Å². The maximum atomic E-state index is 12.2. The van der Waals surface area contributed by atoms with Crippen molar-refractivity contribution in [3.05, 3.63) is 29.3 Å². The van der Waals surface area contributed by atoms with E-state index in [0.717, 1.165) is 31.5 Å². The molecule has 0 saturated carbocycles. The highest BCUT2D eigenvalue weighted by molar-refractivity contribution is 6.04. The second-order valence-electron chi connectivity index (χ2n) is 5.14. The van der Waals surface area contributed by atoms with E-state index >= 15 is 0 Å². The monoisotopic (exact) mass is 311 g/mol. The minimum Gasteiger partial charge on any atom is -0.355 e. The summed E-state index contributed by atoms with van der Waals surface area (Å²) in [6.07, 6.45) is 1.68. The average Bonchev–Trinajstić information content (AvgIpc) is 2.49. The van der Waals surface area contributed by atoms with Gasteiger partial charge in [0.05, 0.1) is 11.3 Å². The first-order chi connectivity index (χ1) is 9.61. The topological polar surface area (TPSA) is 70.2 Å². The van der Waals surface area contributed by atoms with Gasteiger partial charge in [-0.3, -0.25) is 9.59 Å². The Morgan fingerprint density at radius 2 is 1.90 bits per heavy atom. The summed E-state index contributed by atoms with van der Waals surface area (Å²) in [7, 11) is 1.59. The highest BCUT2D eigenvalue weighted by Crippen LogP contribution is 2.20. The van der Waals surface area contributed by atoms with Crippen LogP contribution in [0.2, 0.25) is 0 Å². The van der Waals surface area contributed by atoms with Crippen molar-refractivity contribution in [1.82, 2.24) is 10.6 Å². The summed E-state index contributed by atoms with van der Waals surface area (Å²) in [5, 5.41) is 8.73. The van der Waals surface area contributed by atoms with Crippen LogP contribution in [0, 0.1) is 12.8 Å². The molecule has 0 spiro atoms. The van der Waals surface area contributed by atoms with E-state index in [-0.39, 0.29) is 30.1 Å². The number of carbonyl (C=O) groups excluding carboxylic acids is 2. The minimum atomic E-state index is -0.186. The number of nitrogens with one attached hydrogen (secondary N) is 3. The first-order valence-electron chi connectivity index (χ1n) is 6.96. The predicted molar refractivity (Wildman–Crippen MR) is 86.0 cm³/mol. The van der Waals surface area contributed by atoms with E-state index in [4.69, 9.17) is 0 Å². The summed E-state index contributed by atoms with van der Waals surface area (Å²) in [6, 6.07) is 5.47. The average molecular weight is 312 g/mol. The Bertz CT molecular complexity index is 514. The summed E-state index contributed by atoms with van der Waals surface area (Å²) in [4.78, 5) is 24.1. The number of anilines is 1. The predicted octanol–water partition coefficient (Wildman–Crippen LogP) is 1.71. The van der Waals surface area contributed by atoms with E-state index in [9.17, 15) is 9.59 Å². The van der Waals surface area contributed by atoms with Gasteiger partial charge in [0.1, 0.15) is 0 Å². The molecule has 116 valence electrons. The van der Waals surface area contributed by atoms with Crippen molar-refractivity contribution in [3.8, 4) is 0 Å². The molecule has 1 aromatic carbocycles. The van der Waals surface area contributed by atoms with Gasteiger partial charge in [0, 0.05) is 13.0 Å². The third-order valence-corrected chi connectivity index (χ3v) is 3.61. The van der Waals surface area contributed by atoms with E-state index in [1.165, 1.54) is 0 Å². The molecular weight excluding hydrogens is 290 g/mol. The molecule has 0 unspecified atom stereocenters. The van der Waals surface area contributed by atoms with Crippen LogP contribution in [0.3, 0.4) is 0 Å². The maximum absolute atomic E-state index is 12.2. The summed E-state index contributed by atoms with van der Waals surface area (Å²) >= 11 is 0. The van der Waals surface area contributed by atoms with Gasteiger partial charge in [-0.1, -0.05) is 11.6 Å².